The Morgan fingerprint density at radius 3 is 2.62 bits per heavy atom. The molecule has 0 spiro atoms. The Labute approximate surface area is 127 Å². The highest BCUT2D eigenvalue weighted by molar-refractivity contribution is 5.44. The molecule has 0 aliphatic rings. The number of hydrogen-bond donors (Lipinski definition) is 2. The zero-order valence-corrected chi connectivity index (χ0v) is 13.1. The number of nitrogens with zero attached hydrogens (tertiary/aromatic N) is 1. The van der Waals surface area contributed by atoms with Crippen LogP contribution in [0.4, 0.5) is 0 Å². The van der Waals surface area contributed by atoms with Gasteiger partial charge >= 0.3 is 0 Å². The van der Waals surface area contributed by atoms with E-state index in [4.69, 9.17) is 14.9 Å². The van der Waals surface area contributed by atoms with Gasteiger partial charge in [-0.15, -0.1) is 0 Å². The van der Waals surface area contributed by atoms with Gasteiger partial charge in [0.2, 0.25) is 0 Å². The third kappa shape index (κ3) is 5.76. The van der Waals surface area contributed by atoms with Crippen molar-refractivity contribution in [3.8, 4) is 17.6 Å². The number of aliphatic hydroxyl groups is 2. The van der Waals surface area contributed by atoms with Gasteiger partial charge in [-0.05, 0) is 38.5 Å². The Kier molecular flexibility index (Phi) is 7.84. The average molecular weight is 291 g/mol. The van der Waals surface area contributed by atoms with Crippen molar-refractivity contribution in [2.24, 2.45) is 0 Å². The first kappa shape index (κ1) is 17.5. The lowest BCUT2D eigenvalue weighted by Crippen LogP contribution is -2.32. The maximum atomic E-state index is 9.01. The van der Waals surface area contributed by atoms with Crippen LogP contribution in [0.3, 0.4) is 0 Å². The minimum atomic E-state index is -0.143. The molecule has 1 aromatic carbocycles. The van der Waals surface area contributed by atoms with Gasteiger partial charge in [0.25, 0.3) is 0 Å². The van der Waals surface area contributed by atoms with Crippen LogP contribution in [0.15, 0.2) is 18.2 Å². The third-order valence-corrected chi connectivity index (χ3v) is 3.30. The summed E-state index contributed by atoms with van der Waals surface area (Å²) in [5.74, 6) is 6.41. The van der Waals surface area contributed by atoms with Crippen LogP contribution >= 0.6 is 0 Å². The minimum absolute atomic E-state index is 0.143. The Morgan fingerprint density at radius 2 is 2.05 bits per heavy atom. The van der Waals surface area contributed by atoms with E-state index >= 15 is 0 Å². The number of rotatable bonds is 7. The summed E-state index contributed by atoms with van der Waals surface area (Å²) in [4.78, 5) is 2.29. The first-order chi connectivity index (χ1) is 10.1. The number of benzene rings is 1. The SMILES string of the molecule is COc1ccc(C#CCO)cc1CN(CCCO)C(C)C. The molecule has 0 amide bonds. The fourth-order valence-electron chi connectivity index (χ4n) is 2.13. The van der Waals surface area contributed by atoms with Crippen molar-refractivity contribution >= 4 is 0 Å². The van der Waals surface area contributed by atoms with Crippen LogP contribution in [0, 0.1) is 11.8 Å². The van der Waals surface area contributed by atoms with Gasteiger partial charge in [0.05, 0.1) is 7.11 Å². The first-order valence-corrected chi connectivity index (χ1v) is 7.24. The molecule has 1 rings (SSSR count). The molecule has 0 saturated carbocycles. The highest BCUT2D eigenvalue weighted by atomic mass is 16.5. The third-order valence-electron chi connectivity index (χ3n) is 3.30. The molecule has 0 atom stereocenters. The van der Waals surface area contributed by atoms with Gasteiger partial charge in [-0.2, -0.15) is 0 Å². The summed E-state index contributed by atoms with van der Waals surface area (Å²) >= 11 is 0. The Morgan fingerprint density at radius 1 is 1.29 bits per heavy atom. The largest absolute Gasteiger partial charge is 0.496 e. The van der Waals surface area contributed by atoms with E-state index in [9.17, 15) is 0 Å². The molecule has 0 aromatic heterocycles. The van der Waals surface area contributed by atoms with Crippen molar-refractivity contribution < 1.29 is 14.9 Å². The standard InChI is InChI=1S/C17H25NO3/c1-14(2)18(9-5-11-20)13-16-12-15(6-4-10-19)7-8-17(16)21-3/h7-8,12,14,19-20H,5,9-11,13H2,1-3H3. The normalized spacial score (nSPS) is 10.6. The maximum absolute atomic E-state index is 9.01. The second-order valence-corrected chi connectivity index (χ2v) is 5.13. The van der Waals surface area contributed by atoms with Crippen LogP contribution in [0.25, 0.3) is 0 Å². The van der Waals surface area contributed by atoms with Crippen LogP contribution in [0.1, 0.15) is 31.4 Å². The zero-order chi connectivity index (χ0) is 15.7. The van der Waals surface area contributed by atoms with E-state index in [1.54, 1.807) is 7.11 Å². The van der Waals surface area contributed by atoms with Crippen molar-refractivity contribution in [2.75, 3.05) is 26.9 Å². The Balaban J connectivity index is 2.96. The van der Waals surface area contributed by atoms with Gasteiger partial charge in [-0.25, -0.2) is 0 Å². The number of methoxy groups -OCH3 is 1. The van der Waals surface area contributed by atoms with Crippen molar-refractivity contribution in [1.29, 1.82) is 0 Å². The summed E-state index contributed by atoms with van der Waals surface area (Å²) in [5, 5.41) is 17.8. The molecule has 4 heteroatoms. The van der Waals surface area contributed by atoms with E-state index in [2.05, 4.69) is 30.6 Å². The lowest BCUT2D eigenvalue weighted by atomic mass is 10.1. The zero-order valence-electron chi connectivity index (χ0n) is 13.1. The van der Waals surface area contributed by atoms with E-state index in [-0.39, 0.29) is 13.2 Å². The molecule has 116 valence electrons. The molecule has 0 aliphatic carbocycles. The van der Waals surface area contributed by atoms with Crippen molar-refractivity contribution in [2.45, 2.75) is 32.9 Å². The molecular formula is C17H25NO3. The second kappa shape index (κ2) is 9.41. The van der Waals surface area contributed by atoms with Crippen LogP contribution in [-0.4, -0.2) is 48.0 Å². The van der Waals surface area contributed by atoms with Crippen LogP contribution < -0.4 is 4.74 Å². The fourth-order valence-corrected chi connectivity index (χ4v) is 2.13. The lowest BCUT2D eigenvalue weighted by molar-refractivity contribution is 0.183. The molecule has 0 bridgehead atoms. The Hall–Kier alpha value is -1.54. The molecule has 0 radical (unpaired) electrons. The van der Waals surface area contributed by atoms with Crippen LogP contribution in [0.2, 0.25) is 0 Å². The smallest absolute Gasteiger partial charge is 0.123 e. The maximum Gasteiger partial charge on any atom is 0.123 e. The molecule has 0 saturated heterocycles. The summed E-state index contributed by atoms with van der Waals surface area (Å²) < 4.78 is 5.42. The molecular weight excluding hydrogens is 266 g/mol. The van der Waals surface area contributed by atoms with Crippen molar-refractivity contribution in [3.63, 3.8) is 0 Å². The first-order valence-electron chi connectivity index (χ1n) is 7.24. The van der Waals surface area contributed by atoms with E-state index in [0.29, 0.717) is 6.04 Å². The van der Waals surface area contributed by atoms with Crippen molar-refractivity contribution in [3.05, 3.63) is 29.3 Å². The van der Waals surface area contributed by atoms with Crippen LogP contribution in [0.5, 0.6) is 5.75 Å². The molecule has 0 heterocycles. The van der Waals surface area contributed by atoms with Gasteiger partial charge in [-0.1, -0.05) is 11.8 Å². The topological polar surface area (TPSA) is 52.9 Å². The fraction of sp³-hybridized carbons (Fsp3) is 0.529. The van der Waals surface area contributed by atoms with Gasteiger partial charge in [0, 0.05) is 36.9 Å². The number of ether oxygens (including phenoxy) is 1. The predicted molar refractivity (Wildman–Crippen MR) is 84.2 cm³/mol. The molecule has 4 nitrogen and oxygen atoms in total. The molecule has 0 aliphatic heterocycles. The molecule has 1 aromatic rings. The molecule has 21 heavy (non-hydrogen) atoms. The predicted octanol–water partition coefficient (Wildman–Crippen LogP) is 1.63. The van der Waals surface area contributed by atoms with Gasteiger partial charge in [0.15, 0.2) is 0 Å². The number of aliphatic hydroxyl groups excluding tert-OH is 2. The summed E-state index contributed by atoms with van der Waals surface area (Å²) in [5.41, 5.74) is 1.93. The second-order valence-electron chi connectivity index (χ2n) is 5.13. The van der Waals surface area contributed by atoms with E-state index in [1.165, 1.54) is 0 Å². The highest BCUT2D eigenvalue weighted by Crippen LogP contribution is 2.22. The van der Waals surface area contributed by atoms with Crippen molar-refractivity contribution in [1.82, 2.24) is 4.90 Å². The minimum Gasteiger partial charge on any atom is -0.496 e. The van der Waals surface area contributed by atoms with Gasteiger partial charge < -0.3 is 14.9 Å². The van der Waals surface area contributed by atoms with E-state index in [1.807, 2.05) is 18.2 Å². The van der Waals surface area contributed by atoms with E-state index < -0.39 is 0 Å². The van der Waals surface area contributed by atoms with Crippen LogP contribution in [-0.2, 0) is 6.54 Å². The molecule has 0 unspecified atom stereocenters. The summed E-state index contributed by atoms with van der Waals surface area (Å²) in [6.07, 6.45) is 0.754. The van der Waals surface area contributed by atoms with E-state index in [0.717, 1.165) is 36.4 Å². The van der Waals surface area contributed by atoms with Gasteiger partial charge in [0.1, 0.15) is 12.4 Å². The quantitative estimate of drug-likeness (QED) is 0.750. The summed E-state index contributed by atoms with van der Waals surface area (Å²) in [6, 6.07) is 6.17. The molecule has 2 N–H and O–H groups in total. The van der Waals surface area contributed by atoms with Gasteiger partial charge in [-0.3, -0.25) is 4.90 Å². The summed E-state index contributed by atoms with van der Waals surface area (Å²) in [7, 11) is 1.66. The summed E-state index contributed by atoms with van der Waals surface area (Å²) in [6.45, 7) is 5.91. The molecule has 0 fully saturated rings. The Bertz CT molecular complexity index is 489. The average Bonchev–Trinajstić information content (AvgIpc) is 2.49. The number of hydrogen-bond acceptors (Lipinski definition) is 4. The highest BCUT2D eigenvalue weighted by Gasteiger charge is 2.13. The monoisotopic (exact) mass is 291 g/mol. The lowest BCUT2D eigenvalue weighted by Gasteiger charge is -2.27.